The topological polar surface area (TPSA) is 29.3 Å². The summed E-state index contributed by atoms with van der Waals surface area (Å²) < 4.78 is 25.7. The minimum atomic E-state index is -2.41. The Morgan fingerprint density at radius 3 is 2.68 bits per heavy atom. The lowest BCUT2D eigenvalue weighted by molar-refractivity contribution is 0.118. The van der Waals surface area contributed by atoms with Gasteiger partial charge in [0.1, 0.15) is 0 Å². The lowest BCUT2D eigenvalue weighted by Crippen LogP contribution is -2.46. The van der Waals surface area contributed by atoms with E-state index < -0.39 is 6.43 Å². The maximum absolute atomic E-state index is 12.8. The minimum Gasteiger partial charge on any atom is -0.326 e. The molecule has 2 unspecified atom stereocenters. The number of piperidine rings is 1. The van der Waals surface area contributed by atoms with Gasteiger partial charge in [-0.2, -0.15) is 0 Å². The van der Waals surface area contributed by atoms with Crippen molar-refractivity contribution in [2.24, 2.45) is 5.73 Å². The molecule has 0 spiro atoms. The zero-order valence-corrected chi connectivity index (χ0v) is 10.9. The van der Waals surface area contributed by atoms with E-state index in [0.29, 0.717) is 6.04 Å². The number of hydrogen-bond acceptors (Lipinski definition) is 2. The third-order valence-corrected chi connectivity index (χ3v) is 4.24. The zero-order valence-electron chi connectivity index (χ0n) is 10.9. The van der Waals surface area contributed by atoms with Crippen molar-refractivity contribution in [3.8, 4) is 0 Å². The van der Waals surface area contributed by atoms with Crippen LogP contribution in [-0.4, -0.2) is 23.5 Å². The minimum absolute atomic E-state index is 0.0577. The Labute approximate surface area is 112 Å². The molecule has 2 atom stereocenters. The molecule has 2 fully saturated rings. The molecule has 1 aliphatic heterocycles. The Hall–Kier alpha value is -1.00. The monoisotopic (exact) mass is 266 g/mol. The second-order valence-electron chi connectivity index (χ2n) is 5.69. The van der Waals surface area contributed by atoms with Crippen LogP contribution in [-0.2, 0) is 0 Å². The number of halogens is 2. The van der Waals surface area contributed by atoms with Gasteiger partial charge in [-0.1, -0.05) is 18.2 Å². The van der Waals surface area contributed by atoms with Gasteiger partial charge in [-0.3, -0.25) is 4.90 Å². The maximum atomic E-state index is 12.8. The Balaban J connectivity index is 1.90. The molecule has 2 aliphatic rings. The highest BCUT2D eigenvalue weighted by molar-refractivity contribution is 5.28. The first kappa shape index (κ1) is 13.0. The van der Waals surface area contributed by atoms with E-state index in [2.05, 4.69) is 4.90 Å². The molecule has 1 saturated heterocycles. The van der Waals surface area contributed by atoms with E-state index >= 15 is 0 Å². The van der Waals surface area contributed by atoms with Gasteiger partial charge in [0.15, 0.2) is 0 Å². The van der Waals surface area contributed by atoms with Gasteiger partial charge in [0.25, 0.3) is 6.43 Å². The molecule has 1 aromatic rings. The van der Waals surface area contributed by atoms with E-state index in [9.17, 15) is 8.78 Å². The van der Waals surface area contributed by atoms with Crippen LogP contribution < -0.4 is 5.73 Å². The van der Waals surface area contributed by atoms with Gasteiger partial charge in [-0.05, 0) is 43.9 Å². The fourth-order valence-corrected chi connectivity index (χ4v) is 3.19. The average molecular weight is 266 g/mol. The molecule has 1 aliphatic carbocycles. The van der Waals surface area contributed by atoms with Gasteiger partial charge >= 0.3 is 0 Å². The van der Waals surface area contributed by atoms with Gasteiger partial charge in [0, 0.05) is 17.6 Å². The quantitative estimate of drug-likeness (QED) is 0.910. The first-order chi connectivity index (χ1) is 9.16. The van der Waals surface area contributed by atoms with E-state index in [0.717, 1.165) is 24.9 Å². The highest BCUT2D eigenvalue weighted by Gasteiger charge is 2.39. The summed E-state index contributed by atoms with van der Waals surface area (Å²) in [6.45, 7) is 1.04. The third kappa shape index (κ3) is 2.65. The van der Waals surface area contributed by atoms with Crippen LogP contribution in [0.15, 0.2) is 24.3 Å². The molecule has 1 aromatic carbocycles. The number of nitrogens with two attached hydrogens (primary N) is 1. The SMILES string of the molecule is NC1CCCN(C2CC2)C1c1cccc(C(F)F)c1. The molecule has 0 aromatic heterocycles. The van der Waals surface area contributed by atoms with Crippen molar-refractivity contribution >= 4 is 0 Å². The van der Waals surface area contributed by atoms with Gasteiger partial charge in [0.05, 0.1) is 6.04 Å². The number of hydrogen-bond donors (Lipinski definition) is 1. The number of alkyl halides is 2. The first-order valence-electron chi connectivity index (χ1n) is 7.06. The summed E-state index contributed by atoms with van der Waals surface area (Å²) in [5.74, 6) is 0. The zero-order chi connectivity index (χ0) is 13.4. The largest absolute Gasteiger partial charge is 0.326 e. The van der Waals surface area contributed by atoms with Crippen LogP contribution >= 0.6 is 0 Å². The molecule has 2 nitrogen and oxygen atoms in total. The fourth-order valence-electron chi connectivity index (χ4n) is 3.19. The van der Waals surface area contributed by atoms with E-state index in [-0.39, 0.29) is 17.6 Å². The van der Waals surface area contributed by atoms with Crippen molar-refractivity contribution in [1.29, 1.82) is 0 Å². The second kappa shape index (κ2) is 5.17. The summed E-state index contributed by atoms with van der Waals surface area (Å²) in [4.78, 5) is 2.43. The van der Waals surface area contributed by atoms with Crippen LogP contribution in [0.2, 0.25) is 0 Å². The lowest BCUT2D eigenvalue weighted by atomic mass is 9.90. The molecule has 0 radical (unpaired) electrons. The van der Waals surface area contributed by atoms with Crippen molar-refractivity contribution in [2.45, 2.75) is 50.2 Å². The van der Waals surface area contributed by atoms with Gasteiger partial charge < -0.3 is 5.73 Å². The van der Waals surface area contributed by atoms with E-state index in [1.54, 1.807) is 12.1 Å². The molecular formula is C15H20F2N2. The summed E-state index contributed by atoms with van der Waals surface area (Å²) in [5.41, 5.74) is 7.32. The number of rotatable bonds is 3. The highest BCUT2D eigenvalue weighted by Crippen LogP contribution is 2.39. The molecule has 2 N–H and O–H groups in total. The van der Waals surface area contributed by atoms with Crippen LogP contribution in [0.25, 0.3) is 0 Å². The van der Waals surface area contributed by atoms with Gasteiger partial charge in [-0.15, -0.1) is 0 Å². The Kier molecular flexibility index (Phi) is 3.54. The normalized spacial score (nSPS) is 28.8. The number of benzene rings is 1. The van der Waals surface area contributed by atoms with E-state index in [1.807, 2.05) is 6.07 Å². The van der Waals surface area contributed by atoms with Crippen molar-refractivity contribution in [3.63, 3.8) is 0 Å². The first-order valence-corrected chi connectivity index (χ1v) is 7.06. The molecule has 104 valence electrons. The summed E-state index contributed by atoms with van der Waals surface area (Å²) in [6, 6.07) is 7.58. The predicted molar refractivity (Wildman–Crippen MR) is 71.1 cm³/mol. The predicted octanol–water partition coefficient (Wildman–Crippen LogP) is 3.25. The molecule has 3 rings (SSSR count). The van der Waals surface area contributed by atoms with Crippen molar-refractivity contribution < 1.29 is 8.78 Å². The van der Waals surface area contributed by atoms with Gasteiger partial charge in [-0.25, -0.2) is 8.78 Å². The van der Waals surface area contributed by atoms with Crippen LogP contribution in [0, 0.1) is 0 Å². The fraction of sp³-hybridized carbons (Fsp3) is 0.600. The van der Waals surface area contributed by atoms with Crippen LogP contribution in [0.1, 0.15) is 49.3 Å². The summed E-state index contributed by atoms with van der Waals surface area (Å²) >= 11 is 0. The van der Waals surface area contributed by atoms with Crippen LogP contribution in [0.3, 0.4) is 0 Å². The Bertz CT molecular complexity index is 446. The summed E-state index contributed by atoms with van der Waals surface area (Å²) in [7, 11) is 0. The smallest absolute Gasteiger partial charge is 0.263 e. The highest BCUT2D eigenvalue weighted by atomic mass is 19.3. The Morgan fingerprint density at radius 1 is 1.21 bits per heavy atom. The molecule has 1 saturated carbocycles. The van der Waals surface area contributed by atoms with Crippen molar-refractivity contribution in [3.05, 3.63) is 35.4 Å². The number of nitrogens with zero attached hydrogens (tertiary/aromatic N) is 1. The van der Waals surface area contributed by atoms with E-state index in [4.69, 9.17) is 5.73 Å². The third-order valence-electron chi connectivity index (χ3n) is 4.24. The molecule has 0 bridgehead atoms. The second-order valence-corrected chi connectivity index (χ2v) is 5.69. The summed E-state index contributed by atoms with van der Waals surface area (Å²) in [6.07, 6.45) is 2.12. The standard InChI is InChI=1S/C15H20F2N2/c16-15(17)11-4-1-3-10(9-11)14-13(18)5-2-8-19(14)12-6-7-12/h1,3-4,9,12-15H,2,5-8,18H2. The summed E-state index contributed by atoms with van der Waals surface area (Å²) in [5, 5.41) is 0. The molecule has 1 heterocycles. The molecule has 19 heavy (non-hydrogen) atoms. The Morgan fingerprint density at radius 2 is 2.00 bits per heavy atom. The average Bonchev–Trinajstić information content (AvgIpc) is 3.22. The van der Waals surface area contributed by atoms with Crippen LogP contribution in [0.4, 0.5) is 8.78 Å². The lowest BCUT2D eigenvalue weighted by Gasteiger charge is -2.40. The molecule has 0 amide bonds. The maximum Gasteiger partial charge on any atom is 0.263 e. The van der Waals surface area contributed by atoms with Crippen LogP contribution in [0.5, 0.6) is 0 Å². The molecular weight excluding hydrogens is 246 g/mol. The number of likely N-dealkylation sites (tertiary alicyclic amines) is 1. The van der Waals surface area contributed by atoms with Gasteiger partial charge in [0.2, 0.25) is 0 Å². The van der Waals surface area contributed by atoms with Crippen molar-refractivity contribution in [2.75, 3.05) is 6.54 Å². The van der Waals surface area contributed by atoms with E-state index in [1.165, 1.54) is 18.9 Å². The van der Waals surface area contributed by atoms with Crippen molar-refractivity contribution in [1.82, 2.24) is 4.90 Å². The molecule has 4 heteroatoms.